The fourth-order valence-corrected chi connectivity index (χ4v) is 4.34. The van der Waals surface area contributed by atoms with Crippen molar-refractivity contribution in [2.45, 2.75) is 6.04 Å². The van der Waals surface area contributed by atoms with E-state index >= 15 is 0 Å². The van der Waals surface area contributed by atoms with Gasteiger partial charge in [-0.1, -0.05) is 24.3 Å². The van der Waals surface area contributed by atoms with E-state index in [4.69, 9.17) is 0 Å². The Morgan fingerprint density at radius 3 is 2.03 bits per heavy atom. The molecule has 0 aliphatic carbocycles. The number of amides is 1. The van der Waals surface area contributed by atoms with Crippen molar-refractivity contribution in [3.05, 3.63) is 101 Å². The van der Waals surface area contributed by atoms with Crippen molar-refractivity contribution in [2.24, 2.45) is 0 Å². The van der Waals surface area contributed by atoms with Gasteiger partial charge in [0.05, 0.1) is 23.4 Å². The van der Waals surface area contributed by atoms with Crippen molar-refractivity contribution in [2.75, 3.05) is 26.2 Å². The predicted octanol–water partition coefficient (Wildman–Crippen LogP) is 4.39. The Kier molecular flexibility index (Phi) is 5.41. The van der Waals surface area contributed by atoms with Crippen LogP contribution in [0.2, 0.25) is 0 Å². The van der Waals surface area contributed by atoms with Gasteiger partial charge in [0.1, 0.15) is 11.6 Å². The molecule has 5 rings (SSSR count). The second-order valence-electron chi connectivity index (χ2n) is 7.97. The third-order valence-electron chi connectivity index (χ3n) is 6.01. The molecule has 0 unspecified atom stereocenters. The third-order valence-corrected chi connectivity index (χ3v) is 6.01. The average Bonchev–Trinajstić information content (AvgIpc) is 3.30. The highest BCUT2D eigenvalue weighted by Gasteiger charge is 2.29. The summed E-state index contributed by atoms with van der Waals surface area (Å²) in [5.41, 5.74) is 4.16. The van der Waals surface area contributed by atoms with Crippen molar-refractivity contribution in [3.8, 4) is 0 Å². The van der Waals surface area contributed by atoms with Gasteiger partial charge in [-0.25, -0.2) is 13.8 Å². The van der Waals surface area contributed by atoms with Crippen molar-refractivity contribution in [3.63, 3.8) is 0 Å². The molecule has 0 bridgehead atoms. The molecule has 1 aromatic heterocycles. The molecule has 3 aromatic carbocycles. The van der Waals surface area contributed by atoms with Crippen LogP contribution in [0.4, 0.5) is 8.78 Å². The Morgan fingerprint density at radius 1 is 0.844 bits per heavy atom. The number of carbonyl (C=O) groups is 1. The van der Waals surface area contributed by atoms with E-state index in [9.17, 15) is 13.6 Å². The lowest BCUT2D eigenvalue weighted by molar-refractivity contribution is 0.0597. The van der Waals surface area contributed by atoms with E-state index in [0.29, 0.717) is 31.7 Å². The minimum Gasteiger partial charge on any atom is -0.345 e. The first-order chi connectivity index (χ1) is 15.6. The van der Waals surface area contributed by atoms with Gasteiger partial charge in [0.25, 0.3) is 5.91 Å². The maximum absolute atomic E-state index is 13.5. The van der Waals surface area contributed by atoms with E-state index in [1.54, 1.807) is 36.7 Å². The molecule has 1 aliphatic rings. The van der Waals surface area contributed by atoms with E-state index in [1.807, 2.05) is 17.0 Å². The Hall–Kier alpha value is -3.58. The van der Waals surface area contributed by atoms with Gasteiger partial charge in [-0.05, 0) is 53.6 Å². The fraction of sp³-hybridized carbons (Fsp3) is 0.200. The standard InChI is InChI=1S/C25H22F2N4O/c26-20-6-1-17(2-7-20)24(18-3-8-21(27)9-4-18)30-11-13-31(14-12-30)25(32)19-5-10-22-23(15-19)29-16-28-22/h1-10,15-16,24H,11-14H2,(H,28,29). The summed E-state index contributed by atoms with van der Waals surface area (Å²) in [7, 11) is 0. The first-order valence-corrected chi connectivity index (χ1v) is 10.6. The van der Waals surface area contributed by atoms with E-state index in [1.165, 1.54) is 24.3 Å². The van der Waals surface area contributed by atoms with Crippen molar-refractivity contribution >= 4 is 16.9 Å². The number of imidazole rings is 1. The van der Waals surface area contributed by atoms with Crippen LogP contribution in [0.5, 0.6) is 0 Å². The zero-order valence-corrected chi connectivity index (χ0v) is 17.3. The molecule has 4 aromatic rings. The summed E-state index contributed by atoms with van der Waals surface area (Å²) in [5, 5.41) is 0. The number of aromatic amines is 1. The largest absolute Gasteiger partial charge is 0.345 e. The van der Waals surface area contributed by atoms with Crippen LogP contribution in [0.1, 0.15) is 27.5 Å². The quantitative estimate of drug-likeness (QED) is 0.521. The number of piperazine rings is 1. The maximum atomic E-state index is 13.5. The lowest BCUT2D eigenvalue weighted by atomic mass is 9.96. The molecule has 1 saturated heterocycles. The smallest absolute Gasteiger partial charge is 0.254 e. The Morgan fingerprint density at radius 2 is 1.44 bits per heavy atom. The minimum atomic E-state index is -0.295. The molecule has 5 nitrogen and oxygen atoms in total. The number of fused-ring (bicyclic) bond motifs is 1. The molecular formula is C25H22F2N4O. The molecule has 1 aliphatic heterocycles. The molecule has 2 heterocycles. The molecule has 1 N–H and O–H groups in total. The minimum absolute atomic E-state index is 0.0127. The summed E-state index contributed by atoms with van der Waals surface area (Å²) in [6.07, 6.45) is 1.61. The van der Waals surface area contributed by atoms with Crippen molar-refractivity contribution in [1.82, 2.24) is 19.8 Å². The normalized spacial score (nSPS) is 14.9. The Balaban J connectivity index is 1.35. The van der Waals surface area contributed by atoms with Gasteiger partial charge in [0, 0.05) is 31.7 Å². The van der Waals surface area contributed by atoms with Crippen LogP contribution in [0, 0.1) is 11.6 Å². The third kappa shape index (κ3) is 3.99. The number of nitrogens with zero attached hydrogens (tertiary/aromatic N) is 3. The highest BCUT2D eigenvalue weighted by Crippen LogP contribution is 2.30. The summed E-state index contributed by atoms with van der Waals surface area (Å²) in [4.78, 5) is 24.4. The van der Waals surface area contributed by atoms with Crippen molar-refractivity contribution in [1.29, 1.82) is 0 Å². The summed E-state index contributed by atoms with van der Waals surface area (Å²) in [6, 6.07) is 18.2. The monoisotopic (exact) mass is 432 g/mol. The lowest BCUT2D eigenvalue weighted by Gasteiger charge is -2.39. The molecule has 1 amide bonds. The molecule has 1 fully saturated rings. The average molecular weight is 432 g/mol. The Bertz CT molecular complexity index is 1180. The van der Waals surface area contributed by atoms with E-state index in [2.05, 4.69) is 14.9 Å². The van der Waals surface area contributed by atoms with E-state index < -0.39 is 0 Å². The summed E-state index contributed by atoms with van der Waals surface area (Å²) in [5.74, 6) is -0.603. The fourth-order valence-electron chi connectivity index (χ4n) is 4.34. The summed E-state index contributed by atoms with van der Waals surface area (Å²) >= 11 is 0. The molecule has 0 saturated carbocycles. The number of aromatic nitrogens is 2. The number of nitrogens with one attached hydrogen (secondary N) is 1. The number of carbonyl (C=O) groups excluding carboxylic acids is 1. The number of H-pyrrole nitrogens is 1. The molecule has 0 atom stereocenters. The molecule has 32 heavy (non-hydrogen) atoms. The van der Waals surface area contributed by atoms with Gasteiger partial charge in [0.15, 0.2) is 0 Å². The summed E-state index contributed by atoms with van der Waals surface area (Å²) in [6.45, 7) is 2.44. The summed E-state index contributed by atoms with van der Waals surface area (Å²) < 4.78 is 27.0. The van der Waals surface area contributed by atoms with Gasteiger partial charge in [-0.15, -0.1) is 0 Å². The molecule has 0 spiro atoms. The number of rotatable bonds is 4. The number of halogens is 2. The topological polar surface area (TPSA) is 52.2 Å². The lowest BCUT2D eigenvalue weighted by Crippen LogP contribution is -2.49. The first-order valence-electron chi connectivity index (χ1n) is 10.6. The zero-order valence-electron chi connectivity index (χ0n) is 17.3. The number of hydrogen-bond donors (Lipinski definition) is 1. The highest BCUT2D eigenvalue weighted by molar-refractivity contribution is 5.97. The number of hydrogen-bond acceptors (Lipinski definition) is 3. The zero-order chi connectivity index (χ0) is 22.1. The molecule has 162 valence electrons. The van der Waals surface area contributed by atoms with Gasteiger partial charge in [-0.2, -0.15) is 0 Å². The van der Waals surface area contributed by atoms with Gasteiger partial charge < -0.3 is 9.88 Å². The number of benzene rings is 3. The molecular weight excluding hydrogens is 410 g/mol. The van der Waals surface area contributed by atoms with E-state index in [-0.39, 0.29) is 23.6 Å². The van der Waals surface area contributed by atoms with Crippen LogP contribution in [0.3, 0.4) is 0 Å². The van der Waals surface area contributed by atoms with Gasteiger partial charge in [0.2, 0.25) is 0 Å². The van der Waals surface area contributed by atoms with Gasteiger partial charge >= 0.3 is 0 Å². The van der Waals surface area contributed by atoms with Gasteiger partial charge in [-0.3, -0.25) is 9.69 Å². The van der Waals surface area contributed by atoms with Crippen LogP contribution < -0.4 is 0 Å². The Labute approximate surface area is 184 Å². The predicted molar refractivity (Wildman–Crippen MR) is 118 cm³/mol. The second-order valence-corrected chi connectivity index (χ2v) is 7.97. The van der Waals surface area contributed by atoms with Crippen LogP contribution in [0.25, 0.3) is 11.0 Å². The van der Waals surface area contributed by atoms with Crippen LogP contribution in [0.15, 0.2) is 73.1 Å². The van der Waals surface area contributed by atoms with E-state index in [0.717, 1.165) is 22.2 Å². The van der Waals surface area contributed by atoms with Crippen LogP contribution in [-0.2, 0) is 0 Å². The highest BCUT2D eigenvalue weighted by atomic mass is 19.1. The molecule has 0 radical (unpaired) electrons. The van der Waals surface area contributed by atoms with Crippen LogP contribution >= 0.6 is 0 Å². The van der Waals surface area contributed by atoms with Crippen molar-refractivity contribution < 1.29 is 13.6 Å². The first kappa shape index (κ1) is 20.3. The second kappa shape index (κ2) is 8.51. The SMILES string of the molecule is O=C(c1ccc2nc[nH]c2c1)N1CCN(C(c2ccc(F)cc2)c2ccc(F)cc2)CC1. The maximum Gasteiger partial charge on any atom is 0.254 e. The molecule has 7 heteroatoms. The van der Waals surface area contributed by atoms with Crippen LogP contribution in [-0.4, -0.2) is 51.9 Å².